The number of hydrogen-bond donors (Lipinski definition) is 1. The lowest BCUT2D eigenvalue weighted by molar-refractivity contribution is -0.164. The molecule has 0 radical (unpaired) electrons. The van der Waals surface area contributed by atoms with Crippen molar-refractivity contribution in [1.82, 2.24) is 0 Å². The van der Waals surface area contributed by atoms with Crippen LogP contribution in [0.5, 0.6) is 0 Å². The average Bonchev–Trinajstić information content (AvgIpc) is 2.10. The lowest BCUT2D eigenvalue weighted by Crippen LogP contribution is -2.19. The Labute approximate surface area is 76.9 Å². The Morgan fingerprint density at radius 1 is 1.54 bits per heavy atom. The number of rotatable bonds is 2. The van der Waals surface area contributed by atoms with E-state index >= 15 is 0 Å². The summed E-state index contributed by atoms with van der Waals surface area (Å²) in [5, 5.41) is 8.16. The van der Waals surface area contributed by atoms with Crippen molar-refractivity contribution in [3.05, 3.63) is 0 Å². The predicted molar refractivity (Wildman–Crippen MR) is 45.8 cm³/mol. The third-order valence-electron chi connectivity index (χ3n) is 1.16. The average molecular weight is 184 g/mol. The van der Waals surface area contributed by atoms with Crippen LogP contribution in [0.4, 0.5) is 0 Å². The minimum Gasteiger partial charge on any atom is -0.473 e. The van der Waals surface area contributed by atoms with Gasteiger partial charge in [0.05, 0.1) is 5.92 Å². The SMILES string of the molecule is CCC#CC(C)COC(=O)C(=O)O. The van der Waals surface area contributed by atoms with E-state index in [-0.39, 0.29) is 12.5 Å². The third kappa shape index (κ3) is 5.74. The van der Waals surface area contributed by atoms with Gasteiger partial charge in [-0.1, -0.05) is 12.8 Å². The molecule has 72 valence electrons. The van der Waals surface area contributed by atoms with E-state index in [0.717, 1.165) is 6.42 Å². The largest absolute Gasteiger partial charge is 0.473 e. The fourth-order valence-corrected chi connectivity index (χ4v) is 0.580. The highest BCUT2D eigenvalue weighted by Gasteiger charge is 2.13. The smallest absolute Gasteiger partial charge is 0.417 e. The maximum atomic E-state index is 10.5. The molecule has 4 nitrogen and oxygen atoms in total. The Balaban J connectivity index is 3.76. The number of carboxylic acids is 1. The maximum absolute atomic E-state index is 10.5. The van der Waals surface area contributed by atoms with Crippen molar-refractivity contribution in [3.8, 4) is 11.8 Å². The molecule has 0 spiro atoms. The van der Waals surface area contributed by atoms with E-state index in [0.29, 0.717) is 0 Å². The van der Waals surface area contributed by atoms with Gasteiger partial charge in [-0.3, -0.25) is 0 Å². The third-order valence-corrected chi connectivity index (χ3v) is 1.16. The first-order chi connectivity index (χ1) is 6.07. The second kappa shape index (κ2) is 6.06. The molecule has 0 saturated carbocycles. The zero-order valence-corrected chi connectivity index (χ0v) is 7.66. The first kappa shape index (κ1) is 11.5. The maximum Gasteiger partial charge on any atom is 0.417 e. The lowest BCUT2D eigenvalue weighted by atomic mass is 10.2. The van der Waals surface area contributed by atoms with E-state index in [9.17, 15) is 9.59 Å². The van der Waals surface area contributed by atoms with E-state index < -0.39 is 11.9 Å². The van der Waals surface area contributed by atoms with E-state index in [2.05, 4.69) is 16.6 Å². The summed E-state index contributed by atoms with van der Waals surface area (Å²) in [6, 6.07) is 0. The number of ether oxygens (including phenoxy) is 1. The summed E-state index contributed by atoms with van der Waals surface area (Å²) < 4.78 is 4.42. The minimum absolute atomic E-state index is 0.0259. The quantitative estimate of drug-likeness (QED) is 0.389. The highest BCUT2D eigenvalue weighted by molar-refractivity contribution is 6.28. The Morgan fingerprint density at radius 2 is 2.15 bits per heavy atom. The molecule has 0 aromatic rings. The van der Waals surface area contributed by atoms with Gasteiger partial charge in [0.15, 0.2) is 0 Å². The van der Waals surface area contributed by atoms with E-state index in [4.69, 9.17) is 5.11 Å². The van der Waals surface area contributed by atoms with Gasteiger partial charge < -0.3 is 9.84 Å². The Kier molecular flexibility index (Phi) is 5.37. The zero-order valence-electron chi connectivity index (χ0n) is 7.66. The van der Waals surface area contributed by atoms with Crippen LogP contribution in [-0.2, 0) is 14.3 Å². The number of aliphatic carboxylic acids is 1. The first-order valence-electron chi connectivity index (χ1n) is 3.96. The summed E-state index contributed by atoms with van der Waals surface area (Å²) in [5.41, 5.74) is 0. The molecule has 4 heteroatoms. The van der Waals surface area contributed by atoms with Crippen LogP contribution in [0.3, 0.4) is 0 Å². The number of carbonyl (C=O) groups excluding carboxylic acids is 1. The van der Waals surface area contributed by atoms with Crippen LogP contribution in [0.25, 0.3) is 0 Å². The van der Waals surface area contributed by atoms with Crippen molar-refractivity contribution < 1.29 is 19.4 Å². The zero-order chi connectivity index (χ0) is 10.3. The highest BCUT2D eigenvalue weighted by atomic mass is 16.6. The molecule has 0 aliphatic rings. The van der Waals surface area contributed by atoms with Crippen molar-refractivity contribution in [2.75, 3.05) is 6.61 Å². The molecule has 1 atom stereocenters. The fourth-order valence-electron chi connectivity index (χ4n) is 0.580. The van der Waals surface area contributed by atoms with E-state index in [1.807, 2.05) is 6.92 Å². The molecule has 0 aromatic carbocycles. The lowest BCUT2D eigenvalue weighted by Gasteiger charge is -2.03. The summed E-state index contributed by atoms with van der Waals surface area (Å²) in [7, 11) is 0. The van der Waals surface area contributed by atoms with Gasteiger partial charge in [-0.15, -0.1) is 5.92 Å². The number of hydrogen-bond acceptors (Lipinski definition) is 3. The van der Waals surface area contributed by atoms with Crippen molar-refractivity contribution in [1.29, 1.82) is 0 Å². The molecule has 0 heterocycles. The van der Waals surface area contributed by atoms with Crippen molar-refractivity contribution in [2.24, 2.45) is 5.92 Å². The van der Waals surface area contributed by atoms with E-state index in [1.165, 1.54) is 0 Å². The van der Waals surface area contributed by atoms with Crippen LogP contribution in [-0.4, -0.2) is 23.7 Å². The summed E-state index contributed by atoms with van der Waals surface area (Å²) in [6.07, 6.45) is 0.733. The second-order valence-electron chi connectivity index (χ2n) is 2.48. The molecule has 13 heavy (non-hydrogen) atoms. The van der Waals surface area contributed by atoms with Gasteiger partial charge in [-0.05, 0) is 6.92 Å². The van der Waals surface area contributed by atoms with Gasteiger partial charge in [0.2, 0.25) is 0 Å². The molecule has 0 amide bonds. The van der Waals surface area contributed by atoms with Crippen LogP contribution in [0.15, 0.2) is 0 Å². The van der Waals surface area contributed by atoms with Gasteiger partial charge >= 0.3 is 11.9 Å². The number of carbonyl (C=O) groups is 2. The standard InChI is InChI=1S/C9H12O4/c1-3-4-5-7(2)6-13-9(12)8(10)11/h7H,3,6H2,1-2H3,(H,10,11). The molecule has 0 aliphatic carbocycles. The molecular weight excluding hydrogens is 172 g/mol. The first-order valence-corrected chi connectivity index (χ1v) is 3.96. The topological polar surface area (TPSA) is 63.6 Å². The van der Waals surface area contributed by atoms with Gasteiger partial charge in [-0.2, -0.15) is 0 Å². The molecule has 0 aliphatic heterocycles. The normalized spacial score (nSPS) is 10.9. The Bertz CT molecular complexity index is 246. The van der Waals surface area contributed by atoms with Crippen LogP contribution >= 0.6 is 0 Å². The molecule has 0 saturated heterocycles. The number of esters is 1. The van der Waals surface area contributed by atoms with Crippen molar-refractivity contribution in [3.63, 3.8) is 0 Å². The monoisotopic (exact) mass is 184 g/mol. The van der Waals surface area contributed by atoms with Crippen LogP contribution in [0, 0.1) is 17.8 Å². The van der Waals surface area contributed by atoms with Gasteiger partial charge in [0, 0.05) is 6.42 Å². The summed E-state index contributed by atoms with van der Waals surface area (Å²) in [5.74, 6) is 2.69. The van der Waals surface area contributed by atoms with Gasteiger partial charge in [0.25, 0.3) is 0 Å². The molecule has 0 aromatic heterocycles. The van der Waals surface area contributed by atoms with Crippen LogP contribution in [0.1, 0.15) is 20.3 Å². The summed E-state index contributed by atoms with van der Waals surface area (Å²) in [6.45, 7) is 3.69. The molecule has 1 N–H and O–H groups in total. The Morgan fingerprint density at radius 3 is 2.62 bits per heavy atom. The van der Waals surface area contributed by atoms with Gasteiger partial charge in [0.1, 0.15) is 6.61 Å². The van der Waals surface area contributed by atoms with Crippen molar-refractivity contribution in [2.45, 2.75) is 20.3 Å². The predicted octanol–water partition coefficient (Wildman–Crippen LogP) is 0.664. The molecule has 0 bridgehead atoms. The second-order valence-corrected chi connectivity index (χ2v) is 2.48. The Hall–Kier alpha value is -1.50. The fraction of sp³-hybridized carbons (Fsp3) is 0.556. The molecular formula is C9H12O4. The molecule has 1 unspecified atom stereocenters. The number of carboxylic acid groups (broad SMARTS) is 1. The molecule has 0 rings (SSSR count). The van der Waals surface area contributed by atoms with Crippen LogP contribution < -0.4 is 0 Å². The van der Waals surface area contributed by atoms with Crippen LogP contribution in [0.2, 0.25) is 0 Å². The summed E-state index contributed by atoms with van der Waals surface area (Å²) in [4.78, 5) is 20.5. The molecule has 0 fully saturated rings. The highest BCUT2D eigenvalue weighted by Crippen LogP contribution is 1.94. The van der Waals surface area contributed by atoms with Crippen molar-refractivity contribution >= 4 is 11.9 Å². The minimum atomic E-state index is -1.57. The van der Waals surface area contributed by atoms with E-state index in [1.54, 1.807) is 6.92 Å². The van der Waals surface area contributed by atoms with Gasteiger partial charge in [-0.25, -0.2) is 9.59 Å². The summed E-state index contributed by atoms with van der Waals surface area (Å²) >= 11 is 0.